The van der Waals surface area contributed by atoms with Crippen LogP contribution in [0.1, 0.15) is 21.5 Å². The number of amides is 1. The van der Waals surface area contributed by atoms with Crippen LogP contribution in [0.25, 0.3) is 0 Å². The lowest BCUT2D eigenvalue weighted by Crippen LogP contribution is -2.49. The summed E-state index contributed by atoms with van der Waals surface area (Å²) in [5.74, 6) is -0.644. The maximum Gasteiger partial charge on any atom is 0.338 e. The van der Waals surface area contributed by atoms with Gasteiger partial charge in [0.05, 0.1) is 12.2 Å². The van der Waals surface area contributed by atoms with Crippen molar-refractivity contribution >= 4 is 11.9 Å². The molecule has 6 nitrogen and oxygen atoms in total. The fourth-order valence-electron chi connectivity index (χ4n) is 3.25. The predicted molar refractivity (Wildman–Crippen MR) is 106 cm³/mol. The van der Waals surface area contributed by atoms with E-state index in [0.717, 1.165) is 25.2 Å². The van der Waals surface area contributed by atoms with Crippen molar-refractivity contribution in [2.24, 2.45) is 0 Å². The lowest BCUT2D eigenvalue weighted by Gasteiger charge is -2.34. The quantitative estimate of drug-likeness (QED) is 0.688. The van der Waals surface area contributed by atoms with E-state index in [1.807, 2.05) is 24.3 Å². The van der Waals surface area contributed by atoms with E-state index < -0.39 is 5.97 Å². The maximum atomic E-state index is 12.4. The van der Waals surface area contributed by atoms with E-state index in [2.05, 4.69) is 17.0 Å². The Bertz CT molecular complexity index is 786. The van der Waals surface area contributed by atoms with Gasteiger partial charge in [-0.2, -0.15) is 0 Å². The molecule has 3 rings (SSSR count). The third-order valence-corrected chi connectivity index (χ3v) is 4.77. The summed E-state index contributed by atoms with van der Waals surface area (Å²) in [7, 11) is 1.60. The Morgan fingerprint density at radius 1 is 0.929 bits per heavy atom. The van der Waals surface area contributed by atoms with Crippen molar-refractivity contribution in [3.8, 4) is 0 Å². The average Bonchev–Trinajstić information content (AvgIpc) is 2.73. The SMILES string of the molecule is COCc1cccc(C(=O)OCC(=O)N2CCN(Cc3ccccc3)CC2)c1. The molecule has 1 saturated heterocycles. The molecular weight excluding hydrogens is 356 g/mol. The molecule has 28 heavy (non-hydrogen) atoms. The number of nitrogens with zero attached hydrogens (tertiary/aromatic N) is 2. The highest BCUT2D eigenvalue weighted by molar-refractivity contribution is 5.91. The highest BCUT2D eigenvalue weighted by Crippen LogP contribution is 2.10. The Kier molecular flexibility index (Phi) is 7.17. The first-order valence-corrected chi connectivity index (χ1v) is 9.45. The van der Waals surface area contributed by atoms with Gasteiger partial charge in [-0.05, 0) is 23.3 Å². The molecule has 0 N–H and O–H groups in total. The molecular formula is C22H26N2O4. The minimum Gasteiger partial charge on any atom is -0.452 e. The molecule has 1 aliphatic rings. The topological polar surface area (TPSA) is 59.1 Å². The van der Waals surface area contributed by atoms with Gasteiger partial charge in [0, 0.05) is 39.8 Å². The van der Waals surface area contributed by atoms with Crippen molar-refractivity contribution in [1.82, 2.24) is 9.80 Å². The summed E-state index contributed by atoms with van der Waals surface area (Å²) in [4.78, 5) is 28.7. The van der Waals surface area contributed by atoms with Gasteiger partial charge in [-0.15, -0.1) is 0 Å². The second-order valence-corrected chi connectivity index (χ2v) is 6.85. The summed E-state index contributed by atoms with van der Waals surface area (Å²) in [5, 5.41) is 0. The van der Waals surface area contributed by atoms with Crippen LogP contribution in [-0.2, 0) is 27.4 Å². The van der Waals surface area contributed by atoms with Crippen LogP contribution in [0.5, 0.6) is 0 Å². The molecule has 0 saturated carbocycles. The van der Waals surface area contributed by atoms with Crippen LogP contribution in [0.2, 0.25) is 0 Å². The monoisotopic (exact) mass is 382 g/mol. The second-order valence-electron chi connectivity index (χ2n) is 6.85. The molecule has 0 aromatic heterocycles. The van der Waals surface area contributed by atoms with Gasteiger partial charge in [0.1, 0.15) is 0 Å². The van der Waals surface area contributed by atoms with E-state index in [-0.39, 0.29) is 12.5 Å². The summed E-state index contributed by atoms with van der Waals surface area (Å²) in [6.45, 7) is 4.00. The van der Waals surface area contributed by atoms with E-state index in [0.29, 0.717) is 25.3 Å². The first-order valence-electron chi connectivity index (χ1n) is 9.45. The van der Waals surface area contributed by atoms with Crippen molar-refractivity contribution in [2.45, 2.75) is 13.2 Å². The summed E-state index contributed by atoms with van der Waals surface area (Å²) in [5.41, 5.74) is 2.58. The fourth-order valence-corrected chi connectivity index (χ4v) is 3.25. The Balaban J connectivity index is 1.43. The number of hydrogen-bond acceptors (Lipinski definition) is 5. The van der Waals surface area contributed by atoms with Crippen molar-refractivity contribution in [2.75, 3.05) is 39.9 Å². The van der Waals surface area contributed by atoms with Gasteiger partial charge in [0.2, 0.25) is 0 Å². The number of esters is 1. The van der Waals surface area contributed by atoms with Gasteiger partial charge in [-0.25, -0.2) is 4.79 Å². The lowest BCUT2D eigenvalue weighted by molar-refractivity contribution is -0.136. The summed E-state index contributed by atoms with van der Waals surface area (Å²) in [6.07, 6.45) is 0. The van der Waals surface area contributed by atoms with Crippen molar-refractivity contribution in [3.05, 3.63) is 71.3 Å². The average molecular weight is 382 g/mol. The molecule has 1 fully saturated rings. The largest absolute Gasteiger partial charge is 0.452 e. The van der Waals surface area contributed by atoms with E-state index in [4.69, 9.17) is 9.47 Å². The van der Waals surface area contributed by atoms with E-state index in [9.17, 15) is 9.59 Å². The molecule has 0 atom stereocenters. The summed E-state index contributed by atoms with van der Waals surface area (Å²) < 4.78 is 10.3. The van der Waals surface area contributed by atoms with E-state index >= 15 is 0 Å². The van der Waals surface area contributed by atoms with Gasteiger partial charge in [-0.3, -0.25) is 9.69 Å². The van der Waals surface area contributed by atoms with Crippen LogP contribution in [0.3, 0.4) is 0 Å². The molecule has 2 aromatic rings. The van der Waals surface area contributed by atoms with Crippen LogP contribution < -0.4 is 0 Å². The normalized spacial score (nSPS) is 14.7. The highest BCUT2D eigenvalue weighted by atomic mass is 16.5. The van der Waals surface area contributed by atoms with Crippen LogP contribution >= 0.6 is 0 Å². The predicted octanol–water partition coefficient (Wildman–Crippen LogP) is 2.33. The van der Waals surface area contributed by atoms with E-state index in [1.54, 1.807) is 30.2 Å². The Labute approximate surface area is 165 Å². The molecule has 1 amide bonds. The molecule has 1 heterocycles. The zero-order valence-corrected chi connectivity index (χ0v) is 16.2. The number of methoxy groups -OCH3 is 1. The van der Waals surface area contributed by atoms with Gasteiger partial charge in [-0.1, -0.05) is 42.5 Å². The van der Waals surface area contributed by atoms with Crippen molar-refractivity contribution in [3.63, 3.8) is 0 Å². The molecule has 1 aliphatic heterocycles. The molecule has 2 aromatic carbocycles. The number of piperazine rings is 1. The summed E-state index contributed by atoms with van der Waals surface area (Å²) in [6, 6.07) is 17.3. The zero-order chi connectivity index (χ0) is 19.8. The smallest absolute Gasteiger partial charge is 0.338 e. The number of benzene rings is 2. The Hall–Kier alpha value is -2.70. The second kappa shape index (κ2) is 10.0. The number of ether oxygens (including phenoxy) is 2. The minimum absolute atomic E-state index is 0.152. The Morgan fingerprint density at radius 3 is 2.36 bits per heavy atom. The number of hydrogen-bond donors (Lipinski definition) is 0. The van der Waals surface area contributed by atoms with Crippen LogP contribution in [0.4, 0.5) is 0 Å². The zero-order valence-electron chi connectivity index (χ0n) is 16.2. The van der Waals surface area contributed by atoms with E-state index in [1.165, 1.54) is 5.56 Å². The van der Waals surface area contributed by atoms with Crippen molar-refractivity contribution < 1.29 is 19.1 Å². The number of rotatable bonds is 7. The van der Waals surface area contributed by atoms with Crippen LogP contribution in [0, 0.1) is 0 Å². The van der Waals surface area contributed by atoms with Gasteiger partial charge < -0.3 is 14.4 Å². The highest BCUT2D eigenvalue weighted by Gasteiger charge is 2.22. The molecule has 0 spiro atoms. The van der Waals surface area contributed by atoms with Crippen LogP contribution in [0.15, 0.2) is 54.6 Å². The Morgan fingerprint density at radius 2 is 1.64 bits per heavy atom. The molecule has 0 unspecified atom stereocenters. The van der Waals surface area contributed by atoms with Crippen LogP contribution in [-0.4, -0.2) is 61.6 Å². The van der Waals surface area contributed by atoms with Gasteiger partial charge in [0.25, 0.3) is 5.91 Å². The maximum absolute atomic E-state index is 12.4. The molecule has 0 bridgehead atoms. The standard InChI is InChI=1S/C22H26N2O4/c1-27-16-19-8-5-9-20(14-19)22(26)28-17-21(25)24-12-10-23(11-13-24)15-18-6-3-2-4-7-18/h2-9,14H,10-13,15-17H2,1H3. The third-order valence-electron chi connectivity index (χ3n) is 4.77. The lowest BCUT2D eigenvalue weighted by atomic mass is 10.1. The van der Waals surface area contributed by atoms with Gasteiger partial charge in [0.15, 0.2) is 6.61 Å². The minimum atomic E-state index is -0.492. The third kappa shape index (κ3) is 5.65. The molecule has 148 valence electrons. The molecule has 6 heteroatoms. The number of carbonyl (C=O) groups excluding carboxylic acids is 2. The first kappa shape index (κ1) is 20.0. The van der Waals surface area contributed by atoms with Gasteiger partial charge >= 0.3 is 5.97 Å². The number of carbonyl (C=O) groups is 2. The molecule has 0 radical (unpaired) electrons. The van der Waals surface area contributed by atoms with Crippen molar-refractivity contribution in [1.29, 1.82) is 0 Å². The fraction of sp³-hybridized carbons (Fsp3) is 0.364. The molecule has 0 aliphatic carbocycles. The first-order chi connectivity index (χ1) is 13.7. The summed E-state index contributed by atoms with van der Waals surface area (Å²) >= 11 is 0.